The smallest absolute Gasteiger partial charge is 0.353 e. The van der Waals surface area contributed by atoms with E-state index in [4.69, 9.17) is 9.94 Å². The van der Waals surface area contributed by atoms with Crippen molar-refractivity contribution in [1.29, 1.82) is 0 Å². The second kappa shape index (κ2) is 5.09. The van der Waals surface area contributed by atoms with Gasteiger partial charge in [0, 0.05) is 13.1 Å². The fourth-order valence-electron chi connectivity index (χ4n) is 0.556. The molecule has 4 heteroatoms. The molecular formula is C7H15NO3. The van der Waals surface area contributed by atoms with E-state index in [1.165, 1.54) is 12.0 Å². The zero-order valence-electron chi connectivity index (χ0n) is 7.20. The topological polar surface area (TPSA) is 49.8 Å². The lowest BCUT2D eigenvalue weighted by molar-refractivity contribution is -0.197. The van der Waals surface area contributed by atoms with Crippen molar-refractivity contribution in [2.75, 3.05) is 13.1 Å². The normalized spacial score (nSPS) is 13.2. The first-order valence-electron chi connectivity index (χ1n) is 3.76. The molecule has 0 saturated heterocycles. The van der Waals surface area contributed by atoms with Crippen molar-refractivity contribution in [2.24, 2.45) is 0 Å². The van der Waals surface area contributed by atoms with Gasteiger partial charge in [0.2, 0.25) is 0 Å². The van der Waals surface area contributed by atoms with E-state index in [2.05, 4.69) is 0 Å². The molecule has 0 radical (unpaired) electrons. The standard InChI is InChI=1S/C7H15NO3/c1-4-8(5-2)11-7(10)6(3)9/h6,9H,4-5H2,1-3H3. The van der Waals surface area contributed by atoms with Crippen LogP contribution in [0.1, 0.15) is 20.8 Å². The largest absolute Gasteiger partial charge is 0.382 e. The van der Waals surface area contributed by atoms with Gasteiger partial charge in [0.15, 0.2) is 6.10 Å². The second-order valence-electron chi connectivity index (χ2n) is 2.20. The molecule has 0 spiro atoms. The van der Waals surface area contributed by atoms with Gasteiger partial charge < -0.3 is 9.94 Å². The van der Waals surface area contributed by atoms with E-state index < -0.39 is 12.1 Å². The number of carbonyl (C=O) groups is 1. The van der Waals surface area contributed by atoms with Crippen molar-refractivity contribution in [3.8, 4) is 0 Å². The Balaban J connectivity index is 3.72. The summed E-state index contributed by atoms with van der Waals surface area (Å²) in [6.07, 6.45) is -1.05. The van der Waals surface area contributed by atoms with Crippen LogP contribution in [0.15, 0.2) is 0 Å². The molecular weight excluding hydrogens is 146 g/mol. The fourth-order valence-corrected chi connectivity index (χ4v) is 0.556. The molecule has 0 saturated carbocycles. The molecule has 0 rings (SSSR count). The lowest BCUT2D eigenvalue weighted by atomic mass is 10.4. The first-order chi connectivity index (χ1) is 5.11. The molecule has 0 aromatic rings. The van der Waals surface area contributed by atoms with E-state index in [1.54, 1.807) is 0 Å². The Labute approximate surface area is 66.7 Å². The Morgan fingerprint density at radius 3 is 2.27 bits per heavy atom. The molecule has 0 aliphatic heterocycles. The molecule has 0 fully saturated rings. The van der Waals surface area contributed by atoms with Crippen molar-refractivity contribution in [3.63, 3.8) is 0 Å². The monoisotopic (exact) mass is 161 g/mol. The third kappa shape index (κ3) is 3.95. The number of aliphatic hydroxyl groups excluding tert-OH is 1. The van der Waals surface area contributed by atoms with Crippen LogP contribution in [0.5, 0.6) is 0 Å². The Morgan fingerprint density at radius 1 is 1.55 bits per heavy atom. The molecule has 0 aliphatic rings. The molecule has 0 aromatic carbocycles. The Morgan fingerprint density at radius 2 is 2.00 bits per heavy atom. The number of rotatable bonds is 4. The minimum Gasteiger partial charge on any atom is -0.382 e. The summed E-state index contributed by atoms with van der Waals surface area (Å²) in [6, 6.07) is 0. The quantitative estimate of drug-likeness (QED) is 0.597. The first kappa shape index (κ1) is 10.4. The number of nitrogens with zero attached hydrogens (tertiary/aromatic N) is 1. The molecule has 4 nitrogen and oxygen atoms in total. The number of hydrogen-bond acceptors (Lipinski definition) is 4. The summed E-state index contributed by atoms with van der Waals surface area (Å²) in [4.78, 5) is 15.5. The zero-order chi connectivity index (χ0) is 8.85. The predicted octanol–water partition coefficient (Wildman–Crippen LogP) is 0.167. The van der Waals surface area contributed by atoms with Gasteiger partial charge in [0.25, 0.3) is 0 Å². The highest BCUT2D eigenvalue weighted by Gasteiger charge is 2.13. The molecule has 1 unspecified atom stereocenters. The van der Waals surface area contributed by atoms with Crippen LogP contribution in [0, 0.1) is 0 Å². The SMILES string of the molecule is CCN(CC)OC(=O)C(C)O. The van der Waals surface area contributed by atoms with Gasteiger partial charge in [-0.15, -0.1) is 5.06 Å². The maximum Gasteiger partial charge on any atom is 0.353 e. The van der Waals surface area contributed by atoms with Crippen LogP contribution in [0.2, 0.25) is 0 Å². The summed E-state index contributed by atoms with van der Waals surface area (Å²) in [7, 11) is 0. The predicted molar refractivity (Wildman–Crippen MR) is 40.7 cm³/mol. The number of hydrogen-bond donors (Lipinski definition) is 1. The van der Waals surface area contributed by atoms with Crippen LogP contribution < -0.4 is 0 Å². The minimum atomic E-state index is -1.05. The Kier molecular flexibility index (Phi) is 4.81. The fraction of sp³-hybridized carbons (Fsp3) is 0.857. The minimum absolute atomic E-state index is 0.603. The van der Waals surface area contributed by atoms with E-state index in [9.17, 15) is 4.79 Å². The Bertz CT molecular complexity index is 121. The van der Waals surface area contributed by atoms with Crippen molar-refractivity contribution in [1.82, 2.24) is 5.06 Å². The highest BCUT2D eigenvalue weighted by Crippen LogP contribution is 1.93. The molecule has 0 aliphatic carbocycles. The summed E-state index contributed by atoms with van der Waals surface area (Å²) in [6.45, 7) is 6.40. The van der Waals surface area contributed by atoms with E-state index in [-0.39, 0.29) is 0 Å². The molecule has 0 heterocycles. The molecule has 0 amide bonds. The van der Waals surface area contributed by atoms with Crippen LogP contribution in [0.4, 0.5) is 0 Å². The van der Waals surface area contributed by atoms with Gasteiger partial charge >= 0.3 is 5.97 Å². The molecule has 11 heavy (non-hydrogen) atoms. The number of hydroxylamine groups is 2. The lowest BCUT2D eigenvalue weighted by Gasteiger charge is -2.17. The highest BCUT2D eigenvalue weighted by molar-refractivity contribution is 5.73. The lowest BCUT2D eigenvalue weighted by Crippen LogP contribution is -2.31. The molecule has 1 atom stereocenters. The van der Waals surface area contributed by atoms with Crippen molar-refractivity contribution >= 4 is 5.97 Å². The average molecular weight is 161 g/mol. The maximum atomic E-state index is 10.8. The van der Waals surface area contributed by atoms with Crippen LogP contribution in [0.3, 0.4) is 0 Å². The summed E-state index contributed by atoms with van der Waals surface area (Å²) in [5.74, 6) is -0.603. The van der Waals surface area contributed by atoms with Gasteiger partial charge in [-0.1, -0.05) is 0 Å². The van der Waals surface area contributed by atoms with E-state index in [0.717, 1.165) is 0 Å². The van der Waals surface area contributed by atoms with E-state index in [0.29, 0.717) is 13.1 Å². The second-order valence-corrected chi connectivity index (χ2v) is 2.20. The average Bonchev–Trinajstić information content (AvgIpc) is 1.99. The summed E-state index contributed by atoms with van der Waals surface area (Å²) < 4.78 is 0. The number of carbonyl (C=O) groups excluding carboxylic acids is 1. The summed E-state index contributed by atoms with van der Waals surface area (Å²) in [5, 5.41) is 10.2. The van der Waals surface area contributed by atoms with Crippen molar-refractivity contribution < 1.29 is 14.7 Å². The third-order valence-electron chi connectivity index (χ3n) is 1.27. The van der Waals surface area contributed by atoms with Gasteiger partial charge in [-0.25, -0.2) is 4.79 Å². The highest BCUT2D eigenvalue weighted by atomic mass is 16.7. The zero-order valence-corrected chi connectivity index (χ0v) is 7.20. The maximum absolute atomic E-state index is 10.8. The van der Waals surface area contributed by atoms with Gasteiger partial charge in [0.05, 0.1) is 0 Å². The summed E-state index contributed by atoms with van der Waals surface area (Å²) in [5.41, 5.74) is 0. The van der Waals surface area contributed by atoms with E-state index >= 15 is 0 Å². The van der Waals surface area contributed by atoms with Crippen LogP contribution in [0.25, 0.3) is 0 Å². The molecule has 66 valence electrons. The molecule has 0 aromatic heterocycles. The van der Waals surface area contributed by atoms with Gasteiger partial charge in [0.1, 0.15) is 0 Å². The van der Waals surface area contributed by atoms with Gasteiger partial charge in [-0.3, -0.25) is 0 Å². The van der Waals surface area contributed by atoms with Crippen LogP contribution >= 0.6 is 0 Å². The third-order valence-corrected chi connectivity index (χ3v) is 1.27. The van der Waals surface area contributed by atoms with Gasteiger partial charge in [-0.2, -0.15) is 0 Å². The van der Waals surface area contributed by atoms with Crippen molar-refractivity contribution in [2.45, 2.75) is 26.9 Å². The van der Waals surface area contributed by atoms with Crippen molar-refractivity contribution in [3.05, 3.63) is 0 Å². The first-order valence-corrected chi connectivity index (χ1v) is 3.76. The number of aliphatic hydroxyl groups is 1. The van der Waals surface area contributed by atoms with Crippen LogP contribution in [-0.2, 0) is 9.63 Å². The Hall–Kier alpha value is -0.610. The van der Waals surface area contributed by atoms with Crippen LogP contribution in [-0.4, -0.2) is 35.3 Å². The van der Waals surface area contributed by atoms with Gasteiger partial charge in [-0.05, 0) is 20.8 Å². The van der Waals surface area contributed by atoms with E-state index in [1.807, 2.05) is 13.8 Å². The molecule has 0 bridgehead atoms. The summed E-state index contributed by atoms with van der Waals surface area (Å²) >= 11 is 0. The molecule has 1 N–H and O–H groups in total.